The van der Waals surface area contributed by atoms with Crippen molar-refractivity contribution in [3.63, 3.8) is 0 Å². The Morgan fingerprint density at radius 2 is 1.69 bits per heavy atom. The van der Waals surface area contributed by atoms with Gasteiger partial charge in [0.1, 0.15) is 6.61 Å². The fraction of sp³-hybridized carbons (Fsp3) is 0.346. The predicted octanol–water partition coefficient (Wildman–Crippen LogP) is 3.57. The van der Waals surface area contributed by atoms with Crippen LogP contribution in [0.3, 0.4) is 0 Å². The molecule has 0 aromatic heterocycles. The van der Waals surface area contributed by atoms with Crippen LogP contribution in [0.1, 0.15) is 17.5 Å². The fourth-order valence-electron chi connectivity index (χ4n) is 5.94. The zero-order valence-electron chi connectivity index (χ0n) is 18.9. The maximum absolute atomic E-state index is 13.1. The van der Waals surface area contributed by atoms with Crippen LogP contribution in [-0.4, -0.2) is 35.1 Å². The van der Waals surface area contributed by atoms with Gasteiger partial charge in [0.25, 0.3) is 17.5 Å². The van der Waals surface area contributed by atoms with Crippen LogP contribution >= 0.6 is 0 Å². The molecule has 9 heteroatoms. The van der Waals surface area contributed by atoms with E-state index in [2.05, 4.69) is 17.3 Å². The molecule has 2 bridgehead atoms. The van der Waals surface area contributed by atoms with Crippen LogP contribution in [0, 0.1) is 45.6 Å². The van der Waals surface area contributed by atoms with Crippen molar-refractivity contribution in [2.24, 2.45) is 40.6 Å². The molecule has 7 rings (SSSR count). The van der Waals surface area contributed by atoms with Crippen molar-refractivity contribution in [3.05, 3.63) is 75.9 Å². The van der Waals surface area contributed by atoms with Crippen molar-refractivity contribution >= 4 is 23.7 Å². The Bertz CT molecular complexity index is 1250. The maximum Gasteiger partial charge on any atom is 0.269 e. The number of carbonyl (C=O) groups is 2. The minimum absolute atomic E-state index is 0.0184. The zero-order valence-corrected chi connectivity index (χ0v) is 18.9. The number of benzene rings is 2. The number of hydrazone groups is 1. The summed E-state index contributed by atoms with van der Waals surface area (Å²) >= 11 is 0. The number of ether oxygens (including phenoxy) is 2. The van der Waals surface area contributed by atoms with Gasteiger partial charge in [-0.2, -0.15) is 10.1 Å². The van der Waals surface area contributed by atoms with Gasteiger partial charge in [0, 0.05) is 12.1 Å². The Balaban J connectivity index is 1.15. The molecule has 178 valence electrons. The summed E-state index contributed by atoms with van der Waals surface area (Å²) in [5.41, 5.74) is 1.45. The van der Waals surface area contributed by atoms with E-state index in [9.17, 15) is 19.7 Å². The molecule has 9 nitrogen and oxygen atoms in total. The number of rotatable bonds is 7. The number of nitro benzene ring substituents is 1. The molecule has 3 fully saturated rings. The lowest BCUT2D eigenvalue weighted by molar-refractivity contribution is -0.384. The molecule has 0 unspecified atom stereocenters. The second-order valence-corrected chi connectivity index (χ2v) is 9.51. The first-order chi connectivity index (χ1) is 17.0. The van der Waals surface area contributed by atoms with Crippen LogP contribution in [0.4, 0.5) is 5.69 Å². The van der Waals surface area contributed by atoms with Gasteiger partial charge in [-0.1, -0.05) is 12.2 Å². The smallest absolute Gasteiger partial charge is 0.269 e. The van der Waals surface area contributed by atoms with Crippen LogP contribution in [0.25, 0.3) is 0 Å². The fourth-order valence-corrected chi connectivity index (χ4v) is 5.94. The molecular formula is C26H23N3O6. The molecule has 35 heavy (non-hydrogen) atoms. The number of imide groups is 1. The van der Waals surface area contributed by atoms with E-state index in [4.69, 9.17) is 9.47 Å². The van der Waals surface area contributed by atoms with Gasteiger partial charge in [-0.3, -0.25) is 19.7 Å². The van der Waals surface area contributed by atoms with E-state index >= 15 is 0 Å². The number of nitrogens with zero attached hydrogens (tertiary/aromatic N) is 3. The van der Waals surface area contributed by atoms with E-state index in [1.54, 1.807) is 30.3 Å². The Labute approximate surface area is 201 Å². The number of carbonyl (C=O) groups excluding carboxylic acids is 2. The van der Waals surface area contributed by atoms with Crippen molar-refractivity contribution in [1.29, 1.82) is 0 Å². The maximum atomic E-state index is 13.1. The first-order valence-corrected chi connectivity index (χ1v) is 11.6. The van der Waals surface area contributed by atoms with Crippen LogP contribution in [0.2, 0.25) is 0 Å². The number of hydrogen-bond acceptors (Lipinski definition) is 7. The molecule has 2 saturated carbocycles. The minimum atomic E-state index is -0.450. The lowest BCUT2D eigenvalue weighted by atomic mass is 9.63. The first kappa shape index (κ1) is 21.5. The summed E-state index contributed by atoms with van der Waals surface area (Å²) in [7, 11) is 1.52. The minimum Gasteiger partial charge on any atom is -0.493 e. The van der Waals surface area contributed by atoms with Gasteiger partial charge in [-0.25, -0.2) is 0 Å². The van der Waals surface area contributed by atoms with Gasteiger partial charge in [0.15, 0.2) is 11.5 Å². The number of allylic oxidation sites excluding steroid dienone is 2. The lowest BCUT2D eigenvalue weighted by Crippen LogP contribution is -2.40. The Morgan fingerprint density at radius 3 is 2.29 bits per heavy atom. The Morgan fingerprint density at radius 1 is 1.03 bits per heavy atom. The standard InChI is InChI=1S/C26H23N3O6/c1-34-22-10-15(4-9-21(22)35-13-14-2-5-16(6-3-14)29(32)33)12-27-28-25(30)23-17-7-8-18(20-11-19(17)20)24(23)26(28)31/h2-10,12,17-20,23-24H,11,13H2,1H3/t17-,18-,19-,20+,23-,24+/m0/s1. The number of hydrogen-bond donors (Lipinski definition) is 0. The van der Waals surface area contributed by atoms with E-state index in [1.807, 2.05) is 0 Å². The van der Waals surface area contributed by atoms with Crippen LogP contribution in [0.15, 0.2) is 59.7 Å². The quantitative estimate of drug-likeness (QED) is 0.200. The average molecular weight is 473 g/mol. The molecule has 1 heterocycles. The molecule has 0 radical (unpaired) electrons. The largest absolute Gasteiger partial charge is 0.493 e. The monoisotopic (exact) mass is 473 g/mol. The summed E-state index contributed by atoms with van der Waals surface area (Å²) in [4.78, 5) is 36.5. The third kappa shape index (κ3) is 3.50. The normalized spacial score (nSPS) is 29.9. The molecule has 5 aliphatic rings. The topological polar surface area (TPSA) is 111 Å². The Hall–Kier alpha value is -4.01. The number of methoxy groups -OCH3 is 1. The third-order valence-corrected chi connectivity index (χ3v) is 7.69. The third-order valence-electron chi connectivity index (χ3n) is 7.69. The summed E-state index contributed by atoms with van der Waals surface area (Å²) in [6.07, 6.45) is 6.89. The van der Waals surface area contributed by atoms with E-state index in [0.717, 1.165) is 17.0 Å². The predicted molar refractivity (Wildman–Crippen MR) is 125 cm³/mol. The molecule has 4 aliphatic carbocycles. The van der Waals surface area contributed by atoms with Gasteiger partial charge in [0.2, 0.25) is 0 Å². The van der Waals surface area contributed by atoms with Gasteiger partial charge in [-0.15, -0.1) is 0 Å². The van der Waals surface area contributed by atoms with Crippen LogP contribution < -0.4 is 9.47 Å². The highest BCUT2D eigenvalue weighted by Crippen LogP contribution is 2.65. The number of amides is 2. The molecule has 2 aromatic carbocycles. The van der Waals surface area contributed by atoms with E-state index in [0.29, 0.717) is 28.9 Å². The SMILES string of the molecule is COc1cc(C=NN2C(=O)[C@@H]3[C@H]4C=C[C@@H]([C@@H]5C[C@H]45)[C@@H]3C2=O)ccc1OCc1ccc([N+](=O)[O-])cc1. The van der Waals surface area contributed by atoms with E-state index in [1.165, 1.54) is 25.5 Å². The van der Waals surface area contributed by atoms with E-state index in [-0.39, 0.29) is 47.8 Å². The van der Waals surface area contributed by atoms with Crippen LogP contribution in [0.5, 0.6) is 11.5 Å². The highest BCUT2D eigenvalue weighted by atomic mass is 16.6. The van der Waals surface area contributed by atoms with Gasteiger partial charge < -0.3 is 9.47 Å². The number of nitro groups is 1. The zero-order chi connectivity index (χ0) is 24.3. The highest BCUT2D eigenvalue weighted by molar-refractivity contribution is 6.06. The van der Waals surface area contributed by atoms with Gasteiger partial charge >= 0.3 is 0 Å². The summed E-state index contributed by atoms with van der Waals surface area (Å²) in [5, 5.41) is 16.1. The molecular weight excluding hydrogens is 450 g/mol. The highest BCUT2D eigenvalue weighted by Gasteiger charge is 2.67. The summed E-state index contributed by atoms with van der Waals surface area (Å²) in [6, 6.07) is 11.3. The molecule has 2 aromatic rings. The Kier molecular flexibility index (Phi) is 4.94. The summed E-state index contributed by atoms with van der Waals surface area (Å²) in [6.45, 7) is 0.208. The summed E-state index contributed by atoms with van der Waals surface area (Å²) < 4.78 is 11.3. The van der Waals surface area contributed by atoms with Crippen LogP contribution in [-0.2, 0) is 16.2 Å². The van der Waals surface area contributed by atoms with E-state index < -0.39 is 4.92 Å². The molecule has 0 spiro atoms. The molecule has 0 N–H and O–H groups in total. The second kappa shape index (κ2) is 8.04. The molecule has 2 amide bonds. The van der Waals surface area contributed by atoms with Crippen molar-refractivity contribution in [3.8, 4) is 11.5 Å². The molecule has 1 aliphatic heterocycles. The number of non-ortho nitro benzene ring substituents is 1. The molecule has 6 atom stereocenters. The molecule has 1 saturated heterocycles. The lowest BCUT2D eigenvalue weighted by Gasteiger charge is -2.37. The van der Waals surface area contributed by atoms with Gasteiger partial charge in [-0.05, 0) is 71.6 Å². The van der Waals surface area contributed by atoms with Gasteiger partial charge in [0.05, 0.1) is 30.1 Å². The van der Waals surface area contributed by atoms with Crippen molar-refractivity contribution in [2.45, 2.75) is 13.0 Å². The van der Waals surface area contributed by atoms with Crippen molar-refractivity contribution in [1.82, 2.24) is 5.01 Å². The van der Waals surface area contributed by atoms with Crippen molar-refractivity contribution in [2.75, 3.05) is 7.11 Å². The summed E-state index contributed by atoms with van der Waals surface area (Å²) in [5.74, 6) is 1.44. The second-order valence-electron chi connectivity index (χ2n) is 9.51. The van der Waals surface area contributed by atoms with Crippen molar-refractivity contribution < 1.29 is 24.0 Å². The first-order valence-electron chi connectivity index (χ1n) is 11.6. The average Bonchev–Trinajstić information content (AvgIpc) is 3.66.